The van der Waals surface area contributed by atoms with Crippen LogP contribution in [0.15, 0.2) is 51.8 Å². The van der Waals surface area contributed by atoms with Crippen molar-refractivity contribution in [2.24, 2.45) is 66.8 Å². The average molecular weight is 1230 g/mol. The van der Waals surface area contributed by atoms with Crippen molar-refractivity contribution in [3.8, 4) is 5.75 Å². The first kappa shape index (κ1) is 73.8. The van der Waals surface area contributed by atoms with Crippen molar-refractivity contribution in [2.75, 3.05) is 26.2 Å². The fraction of sp³-hybridized carbons (Fsp3) is 0.585. The number of nitrogens with zero attached hydrogens (tertiary/aromatic N) is 4. The topological polar surface area (TPSA) is 593 Å². The monoisotopic (exact) mass is 1230 g/mol. The number of aromatic hydroxyl groups is 1. The van der Waals surface area contributed by atoms with Gasteiger partial charge in [-0.1, -0.05) is 26.0 Å². The first-order chi connectivity index (χ1) is 41.0. The predicted molar refractivity (Wildman–Crippen MR) is 322 cm³/mol. The van der Waals surface area contributed by atoms with Gasteiger partial charge in [-0.05, 0) is 109 Å². The molecule has 1 aromatic carbocycles. The second-order valence-electron chi connectivity index (χ2n) is 21.0. The van der Waals surface area contributed by atoms with Gasteiger partial charge in [0.05, 0.1) is 12.4 Å². The number of phenols is 1. The number of aliphatic carboxylic acids is 1. The number of imidazole rings is 1. The number of carbonyl (C=O) groups excluding carboxylic acids is 9. The Hall–Kier alpha value is -9.34. The number of nitrogens with two attached hydrogens (primary N) is 8. The fourth-order valence-corrected chi connectivity index (χ4v) is 8.21. The molecule has 484 valence electrons. The number of unbranched alkanes of at least 4 members (excludes halogenated alkanes) is 1. The molecule has 34 heteroatoms. The van der Waals surface area contributed by atoms with Crippen LogP contribution in [-0.4, -0.2) is 184 Å². The normalized spacial score (nSPS) is 14.4. The number of benzene rings is 1. The van der Waals surface area contributed by atoms with E-state index in [0.717, 1.165) is 0 Å². The van der Waals surface area contributed by atoms with E-state index in [1.807, 2.05) is 0 Å². The molecule has 2 aromatic rings. The number of rotatable bonds is 40. The van der Waals surface area contributed by atoms with Crippen molar-refractivity contribution in [3.63, 3.8) is 0 Å². The van der Waals surface area contributed by atoms with Crippen molar-refractivity contribution in [1.29, 1.82) is 0 Å². The quantitative estimate of drug-likeness (QED) is 0.0168. The summed E-state index contributed by atoms with van der Waals surface area (Å²) in [4.78, 5) is 154. The Labute approximate surface area is 504 Å². The highest BCUT2D eigenvalue weighted by Crippen LogP contribution is 2.14. The highest BCUT2D eigenvalue weighted by molar-refractivity contribution is 5.98. The van der Waals surface area contributed by atoms with E-state index in [2.05, 4.69) is 72.8 Å². The molecular weight excluding hydrogens is 1140 g/mol. The number of carboxylic acids is 1. The summed E-state index contributed by atoms with van der Waals surface area (Å²) in [5, 5.41) is 43.1. The highest BCUT2D eigenvalue weighted by atomic mass is 16.4. The molecule has 0 saturated heterocycles. The molecule has 28 N–H and O–H groups in total. The number of carbonyl (C=O) groups is 10. The van der Waals surface area contributed by atoms with Gasteiger partial charge >= 0.3 is 5.97 Å². The molecular formula is C53H90N22O12. The largest absolute Gasteiger partial charge is 0.508 e. The van der Waals surface area contributed by atoms with Crippen molar-refractivity contribution in [2.45, 2.75) is 166 Å². The molecule has 0 spiro atoms. The van der Waals surface area contributed by atoms with E-state index in [-0.39, 0.29) is 101 Å². The van der Waals surface area contributed by atoms with Crippen LogP contribution in [0.3, 0.4) is 0 Å². The van der Waals surface area contributed by atoms with Gasteiger partial charge in [-0.2, -0.15) is 0 Å². The molecule has 0 aliphatic carbocycles. The first-order valence-electron chi connectivity index (χ1n) is 28.4. The Morgan fingerprint density at radius 3 is 1.37 bits per heavy atom. The van der Waals surface area contributed by atoms with Gasteiger partial charge in [-0.3, -0.25) is 58.1 Å². The summed E-state index contributed by atoms with van der Waals surface area (Å²) >= 11 is 0. The third kappa shape index (κ3) is 28.9. The van der Waals surface area contributed by atoms with Gasteiger partial charge in [-0.25, -0.2) is 9.78 Å². The second kappa shape index (κ2) is 38.6. The summed E-state index contributed by atoms with van der Waals surface area (Å²) in [6.45, 7) is 7.80. The van der Waals surface area contributed by atoms with Crippen molar-refractivity contribution in [3.05, 3.63) is 48.0 Å². The summed E-state index contributed by atoms with van der Waals surface area (Å²) in [6.07, 6.45) is 3.68. The van der Waals surface area contributed by atoms with Gasteiger partial charge in [0.25, 0.3) is 0 Å². The molecule has 0 aliphatic rings. The number of aliphatic imine (C=N–C) groups is 3. The zero-order chi connectivity index (χ0) is 65.3. The van der Waals surface area contributed by atoms with Crippen LogP contribution in [0.5, 0.6) is 5.75 Å². The standard InChI is InChI=1S/C53H90N22O12/c1-27(2)40(75-43(79)30(5)67-41(77)28(3)68-44(80)34(55)11-8-20-63-51(56)57)49(85)72-36(13-9-21-64-52(58)59)45(81)69-29(4)42(78)70-35(12-6-7-19-54)46(82)73-38(23-31-15-17-33(76)18-16-31)48(84)71-37(14-10-22-65-53(60)61)47(83)74-39(50(86)87)24-32-25-62-26-66-32/h15-18,25-30,34-40,76H,6-14,19-24,54-55H2,1-5H3,(H,62,66)(H,67,77)(H,68,80)(H,69,81)(H,70,78)(H,71,84)(H,72,85)(H,73,82)(H,74,83)(H,75,79)(H,86,87)(H4,56,57,63)(H4,58,59,64)(H4,60,61,65)/t28-,29-,30-,34-,35-,36-,37-,38-,39-,40-/m0/s1. The zero-order valence-electron chi connectivity index (χ0n) is 49.8. The lowest BCUT2D eigenvalue weighted by Gasteiger charge is -2.28. The molecule has 87 heavy (non-hydrogen) atoms. The van der Waals surface area contributed by atoms with Crippen LogP contribution in [0.25, 0.3) is 0 Å². The van der Waals surface area contributed by atoms with Crippen LogP contribution in [0.4, 0.5) is 0 Å². The van der Waals surface area contributed by atoms with Crippen molar-refractivity contribution in [1.82, 2.24) is 57.8 Å². The number of carboxylic acid groups (broad SMARTS) is 1. The lowest BCUT2D eigenvalue weighted by atomic mass is 10.0. The summed E-state index contributed by atoms with van der Waals surface area (Å²) in [7, 11) is 0. The number of amides is 9. The van der Waals surface area contributed by atoms with Crippen LogP contribution in [0.2, 0.25) is 0 Å². The van der Waals surface area contributed by atoms with E-state index in [4.69, 9.17) is 45.9 Å². The summed E-state index contributed by atoms with van der Waals surface area (Å²) in [5.41, 5.74) is 45.2. The molecule has 10 atom stereocenters. The van der Waals surface area contributed by atoms with Gasteiger partial charge in [0.15, 0.2) is 17.9 Å². The lowest BCUT2D eigenvalue weighted by molar-refractivity contribution is -0.142. The minimum atomic E-state index is -1.47. The van der Waals surface area contributed by atoms with E-state index in [0.29, 0.717) is 30.5 Å². The maximum atomic E-state index is 14.4. The lowest BCUT2D eigenvalue weighted by Crippen LogP contribution is -2.60. The number of aromatic amines is 1. The summed E-state index contributed by atoms with van der Waals surface area (Å²) < 4.78 is 0. The number of nitrogens with one attached hydrogen (secondary N) is 10. The van der Waals surface area contributed by atoms with Gasteiger partial charge in [0, 0.05) is 44.4 Å². The smallest absolute Gasteiger partial charge is 0.326 e. The zero-order valence-corrected chi connectivity index (χ0v) is 49.8. The predicted octanol–water partition coefficient (Wildman–Crippen LogP) is -6.32. The Morgan fingerprint density at radius 1 is 0.494 bits per heavy atom. The van der Waals surface area contributed by atoms with Gasteiger partial charge in [-0.15, -0.1) is 0 Å². The number of H-pyrrole nitrogens is 1. The Balaban J connectivity index is 2.36. The second-order valence-corrected chi connectivity index (χ2v) is 21.0. The van der Waals surface area contributed by atoms with E-state index in [1.54, 1.807) is 13.8 Å². The molecule has 2 rings (SSSR count). The molecule has 1 aromatic heterocycles. The molecule has 34 nitrogen and oxygen atoms in total. The van der Waals surface area contributed by atoms with Crippen LogP contribution >= 0.6 is 0 Å². The molecule has 9 amide bonds. The van der Waals surface area contributed by atoms with Gasteiger partial charge in [0.2, 0.25) is 53.2 Å². The third-order valence-electron chi connectivity index (χ3n) is 13.1. The van der Waals surface area contributed by atoms with E-state index in [9.17, 15) is 58.2 Å². The number of hydrogen-bond donors (Lipinski definition) is 20. The number of aromatic nitrogens is 2. The van der Waals surface area contributed by atoms with Crippen molar-refractivity contribution < 1.29 is 58.2 Å². The summed E-state index contributed by atoms with van der Waals surface area (Å²) in [6, 6.07) is -7.40. The molecule has 0 unspecified atom stereocenters. The first-order valence-corrected chi connectivity index (χ1v) is 28.4. The van der Waals surface area contributed by atoms with Gasteiger partial charge in [0.1, 0.15) is 60.1 Å². The average Bonchev–Trinajstić information content (AvgIpc) is 3.70. The van der Waals surface area contributed by atoms with E-state index >= 15 is 0 Å². The van der Waals surface area contributed by atoms with Crippen molar-refractivity contribution >= 4 is 77.0 Å². The minimum Gasteiger partial charge on any atom is -0.508 e. The molecule has 1 heterocycles. The number of hydrogen-bond acceptors (Lipinski definition) is 17. The SMILES string of the molecule is CC(C)[C@H](NC(=O)[C@H](C)NC(=O)[C@H](C)NC(=O)[C@@H](N)CCCN=C(N)N)C(=O)N[C@@H](CCCN=C(N)N)C(=O)N[C@@H](C)C(=O)N[C@@H](CCCCN)C(=O)N[C@@H](Cc1ccc(O)cc1)C(=O)N[C@@H](CCCN=C(N)N)C(=O)N[C@@H](Cc1cnc[nH]1)C(=O)O. The maximum Gasteiger partial charge on any atom is 0.326 e. The van der Waals surface area contributed by atoms with Crippen LogP contribution in [-0.2, 0) is 60.8 Å². The molecule has 0 radical (unpaired) electrons. The molecule has 0 saturated carbocycles. The highest BCUT2D eigenvalue weighted by Gasteiger charge is 2.35. The Kier molecular flexibility index (Phi) is 32.7. The number of phenolic OH excluding ortho intramolecular Hbond substituents is 1. The maximum absolute atomic E-state index is 14.4. The summed E-state index contributed by atoms with van der Waals surface area (Å²) in [5.74, 6) is -10.0. The molecule has 0 aliphatic heterocycles. The third-order valence-corrected chi connectivity index (χ3v) is 13.1. The Bertz CT molecular complexity index is 2660. The van der Waals surface area contributed by atoms with Crippen LogP contribution in [0, 0.1) is 5.92 Å². The Morgan fingerprint density at radius 2 is 0.897 bits per heavy atom. The minimum absolute atomic E-state index is 0.0201. The van der Waals surface area contributed by atoms with Crippen LogP contribution < -0.4 is 93.7 Å². The van der Waals surface area contributed by atoms with Crippen LogP contribution in [0.1, 0.15) is 104 Å². The number of guanidine groups is 3. The fourth-order valence-electron chi connectivity index (χ4n) is 8.21. The molecule has 0 fully saturated rings. The van der Waals surface area contributed by atoms with E-state index < -0.39 is 125 Å². The van der Waals surface area contributed by atoms with Gasteiger partial charge < -0.3 is 109 Å². The van der Waals surface area contributed by atoms with E-state index in [1.165, 1.54) is 57.6 Å². The molecule has 0 bridgehead atoms.